The number of aromatic nitrogens is 1. The predicted octanol–water partition coefficient (Wildman–Crippen LogP) is 1.91. The van der Waals surface area contributed by atoms with Gasteiger partial charge in [-0.15, -0.1) is 0 Å². The van der Waals surface area contributed by atoms with Crippen LogP contribution in [0.15, 0.2) is 18.5 Å². The molecule has 1 N–H and O–H groups in total. The van der Waals surface area contributed by atoms with Crippen molar-refractivity contribution in [2.24, 2.45) is 0 Å². The lowest BCUT2D eigenvalue weighted by atomic mass is 10.2. The summed E-state index contributed by atoms with van der Waals surface area (Å²) >= 11 is 0. The predicted molar refractivity (Wildman–Crippen MR) is 46.2 cm³/mol. The van der Waals surface area contributed by atoms with Crippen LogP contribution in [0.2, 0.25) is 0 Å². The van der Waals surface area contributed by atoms with Crippen molar-refractivity contribution in [3.05, 3.63) is 29.6 Å². The van der Waals surface area contributed by atoms with Gasteiger partial charge in [0.05, 0.1) is 6.61 Å². The molecule has 0 aliphatic carbocycles. The Hall–Kier alpha value is -0.890. The molecule has 2 heteroatoms. The van der Waals surface area contributed by atoms with E-state index < -0.39 is 0 Å². The Morgan fingerprint density at radius 3 is 2.45 bits per heavy atom. The van der Waals surface area contributed by atoms with E-state index in [-0.39, 0.29) is 6.61 Å². The number of aliphatic hydroxyl groups is 1. The first kappa shape index (κ1) is 10.1. The van der Waals surface area contributed by atoms with Gasteiger partial charge in [-0.25, -0.2) is 0 Å². The quantitative estimate of drug-likeness (QED) is 0.668. The summed E-state index contributed by atoms with van der Waals surface area (Å²) in [6, 6.07) is 1.88. The van der Waals surface area contributed by atoms with Crippen molar-refractivity contribution in [1.29, 1.82) is 0 Å². The molecule has 0 atom stereocenters. The lowest BCUT2D eigenvalue weighted by molar-refractivity contribution is 0.280. The first-order valence-electron chi connectivity index (χ1n) is 3.85. The van der Waals surface area contributed by atoms with Gasteiger partial charge in [0.15, 0.2) is 0 Å². The molecule has 0 amide bonds. The van der Waals surface area contributed by atoms with Crippen LogP contribution in [0.1, 0.15) is 25.0 Å². The largest absolute Gasteiger partial charge is 0.392 e. The molecule has 0 aromatic carbocycles. The lowest BCUT2D eigenvalue weighted by Crippen LogP contribution is -1.87. The number of rotatable bonds is 1. The molecule has 0 aliphatic rings. The monoisotopic (exact) mass is 153 g/mol. The number of pyridine rings is 1. The van der Waals surface area contributed by atoms with Crippen molar-refractivity contribution in [3.63, 3.8) is 0 Å². The van der Waals surface area contributed by atoms with Crippen LogP contribution < -0.4 is 0 Å². The molecule has 0 saturated carbocycles. The summed E-state index contributed by atoms with van der Waals surface area (Å²) in [7, 11) is 0. The maximum Gasteiger partial charge on any atom is 0.0699 e. The van der Waals surface area contributed by atoms with E-state index in [2.05, 4.69) is 4.98 Å². The van der Waals surface area contributed by atoms with Gasteiger partial charge in [-0.3, -0.25) is 4.98 Å². The zero-order valence-corrected chi connectivity index (χ0v) is 7.33. The highest BCUT2D eigenvalue weighted by atomic mass is 16.3. The zero-order valence-electron chi connectivity index (χ0n) is 7.33. The molecule has 62 valence electrons. The van der Waals surface area contributed by atoms with Crippen LogP contribution >= 0.6 is 0 Å². The first-order valence-corrected chi connectivity index (χ1v) is 3.85. The van der Waals surface area contributed by atoms with E-state index in [1.165, 1.54) is 0 Å². The zero-order chi connectivity index (χ0) is 8.69. The van der Waals surface area contributed by atoms with Crippen LogP contribution in [-0.4, -0.2) is 10.1 Å². The highest BCUT2D eigenvalue weighted by Crippen LogP contribution is 2.02. The molecule has 1 aromatic heterocycles. The fraction of sp³-hybridized carbons (Fsp3) is 0.444. The Bertz CT molecular complexity index is 199. The smallest absolute Gasteiger partial charge is 0.0699 e. The molecule has 0 saturated heterocycles. The third-order valence-electron chi connectivity index (χ3n) is 1.32. The summed E-state index contributed by atoms with van der Waals surface area (Å²) in [5, 5.41) is 8.68. The maximum absolute atomic E-state index is 8.68. The molecule has 2 nitrogen and oxygen atoms in total. The summed E-state index contributed by atoms with van der Waals surface area (Å²) in [5.41, 5.74) is 1.99. The second-order valence-corrected chi connectivity index (χ2v) is 1.96. The summed E-state index contributed by atoms with van der Waals surface area (Å²) in [6.07, 6.45) is 3.39. The van der Waals surface area contributed by atoms with Gasteiger partial charge >= 0.3 is 0 Å². The summed E-state index contributed by atoms with van der Waals surface area (Å²) in [4.78, 5) is 3.86. The van der Waals surface area contributed by atoms with Crippen LogP contribution in [0, 0.1) is 6.92 Å². The SMILES string of the molecule is CC.Cc1ccncc1CO. The average Bonchev–Trinajstić information content (AvgIpc) is 2.09. The van der Waals surface area contributed by atoms with Crippen molar-refractivity contribution >= 4 is 0 Å². The van der Waals surface area contributed by atoms with Gasteiger partial charge < -0.3 is 5.11 Å². The molecule has 0 fully saturated rings. The number of nitrogens with zero attached hydrogens (tertiary/aromatic N) is 1. The summed E-state index contributed by atoms with van der Waals surface area (Å²) < 4.78 is 0. The minimum atomic E-state index is 0.0830. The Morgan fingerprint density at radius 2 is 2.09 bits per heavy atom. The highest BCUT2D eigenvalue weighted by Gasteiger charge is 1.91. The molecule has 0 unspecified atom stereocenters. The second kappa shape index (κ2) is 5.86. The molecule has 1 rings (SSSR count). The van der Waals surface area contributed by atoms with Gasteiger partial charge in [0.25, 0.3) is 0 Å². The topological polar surface area (TPSA) is 33.1 Å². The van der Waals surface area contributed by atoms with E-state index in [1.54, 1.807) is 12.4 Å². The first-order chi connectivity index (χ1) is 5.34. The van der Waals surface area contributed by atoms with Crippen LogP contribution in [0.3, 0.4) is 0 Å². The van der Waals surface area contributed by atoms with Gasteiger partial charge in [-0.1, -0.05) is 13.8 Å². The third kappa shape index (κ3) is 3.14. The Morgan fingerprint density at radius 1 is 1.45 bits per heavy atom. The fourth-order valence-corrected chi connectivity index (χ4v) is 0.662. The number of hydrogen-bond donors (Lipinski definition) is 1. The van der Waals surface area contributed by atoms with Gasteiger partial charge in [0.1, 0.15) is 0 Å². The van der Waals surface area contributed by atoms with E-state index >= 15 is 0 Å². The second-order valence-electron chi connectivity index (χ2n) is 1.96. The van der Waals surface area contributed by atoms with Crippen LogP contribution in [0.4, 0.5) is 0 Å². The lowest BCUT2D eigenvalue weighted by Gasteiger charge is -1.97. The maximum atomic E-state index is 8.68. The van der Waals surface area contributed by atoms with E-state index in [0.717, 1.165) is 11.1 Å². The summed E-state index contributed by atoms with van der Waals surface area (Å²) in [5.74, 6) is 0. The Labute approximate surface area is 67.9 Å². The Balaban J connectivity index is 0.000000461. The van der Waals surface area contributed by atoms with E-state index in [4.69, 9.17) is 5.11 Å². The van der Waals surface area contributed by atoms with E-state index in [0.29, 0.717) is 0 Å². The molecular weight excluding hydrogens is 138 g/mol. The number of aryl methyl sites for hydroxylation is 1. The van der Waals surface area contributed by atoms with Crippen LogP contribution in [0.5, 0.6) is 0 Å². The molecule has 0 bridgehead atoms. The number of aliphatic hydroxyl groups excluding tert-OH is 1. The van der Waals surface area contributed by atoms with E-state index in [1.807, 2.05) is 26.8 Å². The van der Waals surface area contributed by atoms with Gasteiger partial charge in [-0.05, 0) is 24.1 Å². The van der Waals surface area contributed by atoms with E-state index in [9.17, 15) is 0 Å². The summed E-state index contributed by atoms with van der Waals surface area (Å²) in [6.45, 7) is 6.03. The average molecular weight is 153 g/mol. The minimum Gasteiger partial charge on any atom is -0.392 e. The molecule has 0 spiro atoms. The fourth-order valence-electron chi connectivity index (χ4n) is 0.662. The molecule has 0 radical (unpaired) electrons. The highest BCUT2D eigenvalue weighted by molar-refractivity contribution is 5.19. The normalized spacial score (nSPS) is 8.36. The molecule has 11 heavy (non-hydrogen) atoms. The van der Waals surface area contributed by atoms with Crippen molar-refractivity contribution in [2.45, 2.75) is 27.4 Å². The molecular formula is C9H15NO. The Kier molecular flexibility index (Phi) is 5.39. The van der Waals surface area contributed by atoms with Crippen molar-refractivity contribution in [1.82, 2.24) is 4.98 Å². The third-order valence-corrected chi connectivity index (χ3v) is 1.32. The van der Waals surface area contributed by atoms with Crippen LogP contribution in [0.25, 0.3) is 0 Å². The van der Waals surface area contributed by atoms with Crippen molar-refractivity contribution in [2.75, 3.05) is 0 Å². The molecule has 1 heterocycles. The molecule has 0 aliphatic heterocycles. The number of hydrogen-bond acceptors (Lipinski definition) is 2. The van der Waals surface area contributed by atoms with Crippen molar-refractivity contribution < 1.29 is 5.11 Å². The van der Waals surface area contributed by atoms with Gasteiger partial charge in [-0.2, -0.15) is 0 Å². The van der Waals surface area contributed by atoms with Crippen molar-refractivity contribution in [3.8, 4) is 0 Å². The van der Waals surface area contributed by atoms with Crippen LogP contribution in [-0.2, 0) is 6.61 Å². The minimum absolute atomic E-state index is 0.0830. The van der Waals surface area contributed by atoms with Gasteiger partial charge in [0, 0.05) is 12.4 Å². The van der Waals surface area contributed by atoms with Gasteiger partial charge in [0.2, 0.25) is 0 Å². The molecule has 1 aromatic rings. The standard InChI is InChI=1S/C7H9NO.C2H6/c1-6-2-3-8-4-7(6)5-9;1-2/h2-4,9H,5H2,1H3;1-2H3.